The van der Waals surface area contributed by atoms with Crippen LogP contribution in [0.3, 0.4) is 0 Å². The van der Waals surface area contributed by atoms with E-state index in [-0.39, 0.29) is 0 Å². The van der Waals surface area contributed by atoms with Gasteiger partial charge >= 0.3 is 0 Å². The summed E-state index contributed by atoms with van der Waals surface area (Å²) in [6.45, 7) is 3.99. The molecule has 0 spiro atoms. The molecule has 0 radical (unpaired) electrons. The number of anilines is 1. The molecule has 0 aliphatic rings. The highest BCUT2D eigenvalue weighted by Crippen LogP contribution is 2.15. The van der Waals surface area contributed by atoms with Crippen LogP contribution in [0.1, 0.15) is 16.7 Å². The first-order chi connectivity index (χ1) is 9.06. The fourth-order valence-electron chi connectivity index (χ4n) is 1.71. The van der Waals surface area contributed by atoms with E-state index in [9.17, 15) is 8.78 Å². The maximum atomic E-state index is 13.0. The van der Waals surface area contributed by atoms with Crippen molar-refractivity contribution < 1.29 is 8.78 Å². The fraction of sp³-hybridized carbons (Fsp3) is 0.133. The molecule has 0 atom stereocenters. The molecule has 0 unspecified atom stereocenters. The van der Waals surface area contributed by atoms with Gasteiger partial charge in [0.05, 0.1) is 11.9 Å². The van der Waals surface area contributed by atoms with E-state index in [1.807, 2.05) is 32.0 Å². The van der Waals surface area contributed by atoms with Gasteiger partial charge in [-0.2, -0.15) is 5.10 Å². The monoisotopic (exact) mass is 260 g/mol. The average molecular weight is 260 g/mol. The molecular weight excluding hydrogens is 246 g/mol. The summed E-state index contributed by atoms with van der Waals surface area (Å²) in [6.07, 6.45) is 1.45. The SMILES string of the molecule is Cc1ccc(N/N=C/c2ccc(F)c(F)c2)c(C)c1. The van der Waals surface area contributed by atoms with E-state index in [1.165, 1.54) is 17.8 Å². The minimum atomic E-state index is -0.879. The lowest BCUT2D eigenvalue weighted by atomic mass is 10.1. The molecule has 0 aromatic heterocycles. The first kappa shape index (κ1) is 13.2. The maximum Gasteiger partial charge on any atom is 0.159 e. The summed E-state index contributed by atoms with van der Waals surface area (Å²) in [5.41, 5.74) is 6.50. The molecular formula is C15H14F2N2. The van der Waals surface area contributed by atoms with Crippen molar-refractivity contribution in [1.29, 1.82) is 0 Å². The summed E-state index contributed by atoms with van der Waals surface area (Å²) < 4.78 is 25.7. The minimum absolute atomic E-state index is 0.496. The molecule has 0 aliphatic heterocycles. The molecule has 0 saturated carbocycles. The minimum Gasteiger partial charge on any atom is -0.278 e. The van der Waals surface area contributed by atoms with Gasteiger partial charge in [-0.25, -0.2) is 8.78 Å². The first-order valence-corrected chi connectivity index (χ1v) is 5.87. The topological polar surface area (TPSA) is 24.4 Å². The van der Waals surface area contributed by atoms with Crippen molar-refractivity contribution in [2.75, 3.05) is 5.43 Å². The van der Waals surface area contributed by atoms with Gasteiger partial charge < -0.3 is 0 Å². The highest BCUT2D eigenvalue weighted by atomic mass is 19.2. The zero-order valence-corrected chi connectivity index (χ0v) is 10.7. The largest absolute Gasteiger partial charge is 0.278 e. The van der Waals surface area contributed by atoms with Crippen LogP contribution < -0.4 is 5.43 Å². The normalized spacial score (nSPS) is 10.9. The molecule has 0 heterocycles. The smallest absolute Gasteiger partial charge is 0.159 e. The molecule has 2 rings (SSSR count). The van der Waals surface area contributed by atoms with Gasteiger partial charge in [-0.05, 0) is 43.2 Å². The highest BCUT2D eigenvalue weighted by molar-refractivity contribution is 5.80. The number of hydrogen-bond acceptors (Lipinski definition) is 2. The van der Waals surface area contributed by atoms with E-state index < -0.39 is 11.6 Å². The van der Waals surface area contributed by atoms with E-state index >= 15 is 0 Å². The Hall–Kier alpha value is -2.23. The third-order valence-corrected chi connectivity index (χ3v) is 2.72. The average Bonchev–Trinajstić information content (AvgIpc) is 2.36. The van der Waals surface area contributed by atoms with Crippen LogP contribution in [0.4, 0.5) is 14.5 Å². The van der Waals surface area contributed by atoms with Crippen LogP contribution in [0, 0.1) is 25.5 Å². The molecule has 2 nitrogen and oxygen atoms in total. The molecule has 4 heteroatoms. The van der Waals surface area contributed by atoms with Crippen LogP contribution in [-0.4, -0.2) is 6.21 Å². The zero-order chi connectivity index (χ0) is 13.8. The molecule has 1 N–H and O–H groups in total. The molecule has 0 saturated heterocycles. The summed E-state index contributed by atoms with van der Waals surface area (Å²) in [6, 6.07) is 9.58. The number of hydrogen-bond donors (Lipinski definition) is 1. The molecule has 0 amide bonds. The molecule has 19 heavy (non-hydrogen) atoms. The van der Waals surface area contributed by atoms with Crippen LogP contribution in [0.25, 0.3) is 0 Å². The van der Waals surface area contributed by atoms with Crippen LogP contribution in [0.2, 0.25) is 0 Å². The lowest BCUT2D eigenvalue weighted by Crippen LogP contribution is -1.94. The van der Waals surface area contributed by atoms with Crippen molar-refractivity contribution >= 4 is 11.9 Å². The Morgan fingerprint density at radius 1 is 1.00 bits per heavy atom. The molecule has 98 valence electrons. The number of rotatable bonds is 3. The van der Waals surface area contributed by atoms with E-state index in [1.54, 1.807) is 0 Å². The zero-order valence-electron chi connectivity index (χ0n) is 10.7. The quantitative estimate of drug-likeness (QED) is 0.654. The van der Waals surface area contributed by atoms with Gasteiger partial charge in [0.15, 0.2) is 11.6 Å². The Bertz CT molecular complexity index is 622. The van der Waals surface area contributed by atoms with Gasteiger partial charge in [0.25, 0.3) is 0 Å². The lowest BCUT2D eigenvalue weighted by molar-refractivity contribution is 0.508. The lowest BCUT2D eigenvalue weighted by Gasteiger charge is -2.05. The summed E-state index contributed by atoms with van der Waals surface area (Å²) in [5, 5.41) is 4.01. The molecule has 0 bridgehead atoms. The number of benzene rings is 2. The second-order valence-electron chi connectivity index (χ2n) is 4.36. The van der Waals surface area contributed by atoms with Crippen molar-refractivity contribution in [2.45, 2.75) is 13.8 Å². The van der Waals surface area contributed by atoms with Crippen LogP contribution >= 0.6 is 0 Å². The number of hydrazone groups is 1. The van der Waals surface area contributed by atoms with Gasteiger partial charge in [0.1, 0.15) is 0 Å². The van der Waals surface area contributed by atoms with Gasteiger partial charge in [-0.1, -0.05) is 23.8 Å². The van der Waals surface area contributed by atoms with Gasteiger partial charge in [0, 0.05) is 0 Å². The third kappa shape index (κ3) is 3.37. The molecule has 0 aliphatic carbocycles. The van der Waals surface area contributed by atoms with Crippen molar-refractivity contribution in [3.8, 4) is 0 Å². The summed E-state index contributed by atoms with van der Waals surface area (Å²) in [4.78, 5) is 0. The number of nitrogens with zero attached hydrogens (tertiary/aromatic N) is 1. The van der Waals surface area contributed by atoms with Crippen molar-refractivity contribution in [3.05, 3.63) is 64.7 Å². The Balaban J connectivity index is 2.09. The predicted molar refractivity (Wildman–Crippen MR) is 73.5 cm³/mol. The van der Waals surface area contributed by atoms with E-state index in [0.717, 1.165) is 23.4 Å². The molecule has 2 aromatic rings. The Morgan fingerprint density at radius 2 is 1.79 bits per heavy atom. The number of halogens is 2. The first-order valence-electron chi connectivity index (χ1n) is 5.87. The van der Waals surface area contributed by atoms with Gasteiger partial charge in [-0.15, -0.1) is 0 Å². The van der Waals surface area contributed by atoms with Gasteiger partial charge in [0.2, 0.25) is 0 Å². The Labute approximate surface area is 110 Å². The van der Waals surface area contributed by atoms with E-state index in [4.69, 9.17) is 0 Å². The van der Waals surface area contributed by atoms with Crippen molar-refractivity contribution in [3.63, 3.8) is 0 Å². The number of nitrogens with one attached hydrogen (secondary N) is 1. The predicted octanol–water partition coefficient (Wildman–Crippen LogP) is 4.03. The Morgan fingerprint density at radius 3 is 2.47 bits per heavy atom. The van der Waals surface area contributed by atoms with E-state index in [2.05, 4.69) is 10.5 Å². The van der Waals surface area contributed by atoms with Crippen LogP contribution in [0.15, 0.2) is 41.5 Å². The summed E-state index contributed by atoms with van der Waals surface area (Å²) in [5.74, 6) is -1.74. The summed E-state index contributed by atoms with van der Waals surface area (Å²) >= 11 is 0. The van der Waals surface area contributed by atoms with Crippen LogP contribution in [0.5, 0.6) is 0 Å². The van der Waals surface area contributed by atoms with Gasteiger partial charge in [-0.3, -0.25) is 5.43 Å². The van der Waals surface area contributed by atoms with E-state index in [0.29, 0.717) is 5.56 Å². The maximum absolute atomic E-state index is 13.0. The molecule has 2 aromatic carbocycles. The molecule has 0 fully saturated rings. The fourth-order valence-corrected chi connectivity index (χ4v) is 1.71. The second-order valence-corrected chi connectivity index (χ2v) is 4.36. The van der Waals surface area contributed by atoms with Crippen LogP contribution in [-0.2, 0) is 0 Å². The third-order valence-electron chi connectivity index (χ3n) is 2.72. The highest BCUT2D eigenvalue weighted by Gasteiger charge is 2.00. The van der Waals surface area contributed by atoms with Crippen molar-refractivity contribution in [1.82, 2.24) is 0 Å². The second kappa shape index (κ2) is 5.61. The Kier molecular flexibility index (Phi) is 3.90. The number of aryl methyl sites for hydroxylation is 2. The summed E-state index contributed by atoms with van der Waals surface area (Å²) in [7, 11) is 0. The van der Waals surface area contributed by atoms with Crippen molar-refractivity contribution in [2.24, 2.45) is 5.10 Å². The standard InChI is InChI=1S/C15H14F2N2/c1-10-3-6-15(11(2)7-10)19-18-9-12-4-5-13(16)14(17)8-12/h3-9,19H,1-2H3/b18-9+.